The summed E-state index contributed by atoms with van der Waals surface area (Å²) in [4.78, 5) is 24.5. The van der Waals surface area contributed by atoms with Crippen LogP contribution in [-0.4, -0.2) is 33.9 Å². The lowest BCUT2D eigenvalue weighted by Gasteiger charge is -2.24. The third-order valence-electron chi connectivity index (χ3n) is 4.39. The molecule has 0 bridgehead atoms. The predicted octanol–water partition coefficient (Wildman–Crippen LogP) is 4.10. The van der Waals surface area contributed by atoms with Gasteiger partial charge in [-0.2, -0.15) is 0 Å². The monoisotopic (exact) mass is 476 g/mol. The van der Waals surface area contributed by atoms with E-state index in [1.54, 1.807) is 18.2 Å². The molecule has 0 unspecified atom stereocenters. The largest absolute Gasteiger partial charge is 0.465 e. The van der Waals surface area contributed by atoms with Crippen molar-refractivity contribution in [2.45, 2.75) is 4.90 Å². The van der Waals surface area contributed by atoms with Crippen molar-refractivity contribution in [3.63, 3.8) is 0 Å². The number of halogens is 2. The molecule has 0 aliphatic heterocycles. The van der Waals surface area contributed by atoms with E-state index in [4.69, 9.17) is 11.6 Å². The number of hydrogen-bond donors (Lipinski definition) is 1. The topological polar surface area (TPSA) is 92.8 Å². The smallest absolute Gasteiger partial charge is 0.339 e. The molecular formula is C22H18ClFN2O5S. The highest BCUT2D eigenvalue weighted by Crippen LogP contribution is 2.25. The molecule has 1 N–H and O–H groups in total. The highest BCUT2D eigenvalue weighted by atomic mass is 35.5. The van der Waals surface area contributed by atoms with Crippen molar-refractivity contribution in [2.75, 3.05) is 23.3 Å². The van der Waals surface area contributed by atoms with Crippen LogP contribution in [0.2, 0.25) is 5.02 Å². The maximum absolute atomic E-state index is 13.4. The molecule has 0 fully saturated rings. The first-order chi connectivity index (χ1) is 15.2. The van der Waals surface area contributed by atoms with Gasteiger partial charge in [-0.15, -0.1) is 0 Å². The number of hydrogen-bond acceptors (Lipinski definition) is 5. The molecular weight excluding hydrogens is 459 g/mol. The minimum absolute atomic E-state index is 0.0309. The molecule has 0 radical (unpaired) electrons. The molecule has 7 nitrogen and oxygen atoms in total. The van der Waals surface area contributed by atoms with E-state index in [2.05, 4.69) is 10.1 Å². The summed E-state index contributed by atoms with van der Waals surface area (Å²) in [5.41, 5.74) is 0.368. The van der Waals surface area contributed by atoms with Gasteiger partial charge >= 0.3 is 5.97 Å². The van der Waals surface area contributed by atoms with Crippen molar-refractivity contribution in [3.05, 3.63) is 89.2 Å². The second-order valence-electron chi connectivity index (χ2n) is 6.54. The van der Waals surface area contributed by atoms with Crippen LogP contribution in [0.1, 0.15) is 10.4 Å². The Morgan fingerprint density at radius 1 is 1.03 bits per heavy atom. The lowest BCUT2D eigenvalue weighted by Crippen LogP contribution is -2.38. The summed E-state index contributed by atoms with van der Waals surface area (Å²) in [6, 6.07) is 16.5. The first kappa shape index (κ1) is 23.2. The zero-order valence-corrected chi connectivity index (χ0v) is 18.4. The van der Waals surface area contributed by atoms with Gasteiger partial charge in [0, 0.05) is 5.69 Å². The first-order valence-corrected chi connectivity index (χ1v) is 11.1. The molecule has 32 heavy (non-hydrogen) atoms. The molecule has 0 atom stereocenters. The average Bonchev–Trinajstić information content (AvgIpc) is 2.79. The van der Waals surface area contributed by atoms with Crippen molar-refractivity contribution in [2.24, 2.45) is 0 Å². The summed E-state index contributed by atoms with van der Waals surface area (Å²) in [5.74, 6) is -1.93. The van der Waals surface area contributed by atoms with Crippen LogP contribution in [0.3, 0.4) is 0 Å². The van der Waals surface area contributed by atoms with Crippen LogP contribution >= 0.6 is 11.6 Å². The molecule has 1 amide bonds. The SMILES string of the molecule is COC(=O)c1cc(NC(=O)CN(c2ccc(F)cc2)S(=O)(=O)c2ccccc2)ccc1Cl. The molecule has 0 spiro atoms. The minimum Gasteiger partial charge on any atom is -0.465 e. The maximum atomic E-state index is 13.4. The van der Waals surface area contributed by atoms with E-state index in [-0.39, 0.29) is 26.9 Å². The standard InChI is InChI=1S/C22H18ClFN2O5S/c1-31-22(28)19-13-16(9-12-20(19)23)25-21(27)14-26(17-10-7-15(24)8-11-17)32(29,30)18-5-3-2-4-6-18/h2-13H,14H2,1H3,(H,25,27). The van der Waals surface area contributed by atoms with Gasteiger partial charge in [0.2, 0.25) is 5.91 Å². The number of amides is 1. The third-order valence-corrected chi connectivity index (χ3v) is 6.51. The normalized spacial score (nSPS) is 11.0. The number of nitrogens with one attached hydrogen (secondary N) is 1. The average molecular weight is 477 g/mol. The number of anilines is 2. The van der Waals surface area contributed by atoms with Crippen LogP contribution in [0.5, 0.6) is 0 Å². The third kappa shape index (κ3) is 5.24. The van der Waals surface area contributed by atoms with E-state index in [9.17, 15) is 22.4 Å². The van der Waals surface area contributed by atoms with E-state index in [0.717, 1.165) is 16.4 Å². The van der Waals surface area contributed by atoms with Gasteiger partial charge < -0.3 is 10.1 Å². The molecule has 3 aromatic rings. The number of esters is 1. The minimum atomic E-state index is -4.13. The Morgan fingerprint density at radius 2 is 1.69 bits per heavy atom. The van der Waals surface area contributed by atoms with Crippen molar-refractivity contribution < 1.29 is 27.1 Å². The molecule has 3 rings (SSSR count). The fourth-order valence-electron chi connectivity index (χ4n) is 2.84. The fourth-order valence-corrected chi connectivity index (χ4v) is 4.48. The van der Waals surface area contributed by atoms with E-state index in [0.29, 0.717) is 0 Å². The summed E-state index contributed by atoms with van der Waals surface area (Å²) >= 11 is 5.98. The van der Waals surface area contributed by atoms with Gasteiger partial charge in [-0.3, -0.25) is 9.10 Å². The van der Waals surface area contributed by atoms with Crippen molar-refractivity contribution in [1.82, 2.24) is 0 Å². The summed E-state index contributed by atoms with van der Waals surface area (Å²) in [7, 11) is -2.94. The summed E-state index contributed by atoms with van der Waals surface area (Å²) in [6.07, 6.45) is 0. The lowest BCUT2D eigenvalue weighted by atomic mass is 10.2. The number of carbonyl (C=O) groups excluding carboxylic acids is 2. The number of rotatable bonds is 7. The van der Waals surface area contributed by atoms with Crippen LogP contribution in [0.15, 0.2) is 77.7 Å². The number of methoxy groups -OCH3 is 1. The van der Waals surface area contributed by atoms with Crippen molar-refractivity contribution in [3.8, 4) is 0 Å². The second-order valence-corrected chi connectivity index (χ2v) is 8.81. The maximum Gasteiger partial charge on any atom is 0.339 e. The van der Waals surface area contributed by atoms with Gasteiger partial charge in [-0.1, -0.05) is 29.8 Å². The Bertz CT molecular complexity index is 1230. The quantitative estimate of drug-likeness (QED) is 0.518. The van der Waals surface area contributed by atoms with Gasteiger partial charge in [-0.05, 0) is 54.6 Å². The molecule has 0 aromatic heterocycles. The molecule has 0 aliphatic carbocycles. The lowest BCUT2D eigenvalue weighted by molar-refractivity contribution is -0.114. The van der Waals surface area contributed by atoms with Gasteiger partial charge in [0.25, 0.3) is 10.0 Å². The van der Waals surface area contributed by atoms with Crippen molar-refractivity contribution >= 4 is 44.9 Å². The van der Waals surface area contributed by atoms with E-state index >= 15 is 0 Å². The number of benzene rings is 3. The first-order valence-electron chi connectivity index (χ1n) is 9.23. The Morgan fingerprint density at radius 3 is 2.31 bits per heavy atom. The molecule has 3 aromatic carbocycles. The Kier molecular flexibility index (Phi) is 7.12. The summed E-state index contributed by atoms with van der Waals surface area (Å²) in [5, 5.41) is 2.67. The molecule has 10 heteroatoms. The molecule has 0 saturated heterocycles. The van der Waals surface area contributed by atoms with E-state index in [1.807, 2.05) is 0 Å². The zero-order chi connectivity index (χ0) is 23.3. The fraction of sp³-hybridized carbons (Fsp3) is 0.0909. The molecule has 166 valence electrons. The Hall–Kier alpha value is -3.43. The van der Waals surface area contributed by atoms with Crippen LogP contribution in [0.4, 0.5) is 15.8 Å². The highest BCUT2D eigenvalue weighted by molar-refractivity contribution is 7.92. The molecule has 0 heterocycles. The Balaban J connectivity index is 1.91. The van der Waals surface area contributed by atoms with Gasteiger partial charge in [0.1, 0.15) is 12.4 Å². The van der Waals surface area contributed by atoms with Crippen LogP contribution in [0.25, 0.3) is 0 Å². The molecule has 0 saturated carbocycles. The number of carbonyl (C=O) groups is 2. The van der Waals surface area contributed by atoms with Gasteiger partial charge in [0.05, 0.1) is 28.3 Å². The van der Waals surface area contributed by atoms with E-state index in [1.165, 1.54) is 49.6 Å². The number of nitrogens with zero attached hydrogens (tertiary/aromatic N) is 1. The number of ether oxygens (including phenoxy) is 1. The van der Waals surface area contributed by atoms with Crippen molar-refractivity contribution in [1.29, 1.82) is 0 Å². The predicted molar refractivity (Wildman–Crippen MR) is 119 cm³/mol. The second kappa shape index (κ2) is 9.80. The zero-order valence-electron chi connectivity index (χ0n) is 16.8. The van der Waals surface area contributed by atoms with E-state index < -0.39 is 34.3 Å². The van der Waals surface area contributed by atoms with Gasteiger partial charge in [0.15, 0.2) is 0 Å². The van der Waals surface area contributed by atoms with Crippen LogP contribution in [-0.2, 0) is 19.6 Å². The molecule has 0 aliphatic rings. The highest BCUT2D eigenvalue weighted by Gasteiger charge is 2.27. The summed E-state index contributed by atoms with van der Waals surface area (Å²) < 4.78 is 45.3. The Labute approximate surface area is 189 Å². The van der Waals surface area contributed by atoms with Crippen LogP contribution < -0.4 is 9.62 Å². The van der Waals surface area contributed by atoms with Crippen LogP contribution in [0, 0.1) is 5.82 Å². The van der Waals surface area contributed by atoms with Gasteiger partial charge in [-0.25, -0.2) is 17.6 Å². The summed E-state index contributed by atoms with van der Waals surface area (Å²) in [6.45, 7) is -0.598. The number of sulfonamides is 1.